The number of amides is 1. The van der Waals surface area contributed by atoms with Crippen molar-refractivity contribution in [2.75, 3.05) is 27.7 Å². The Bertz CT molecular complexity index is 1170. The monoisotopic (exact) mass is 427 g/mol. The molecule has 0 saturated carbocycles. The van der Waals surface area contributed by atoms with Crippen LogP contribution in [0.5, 0.6) is 5.75 Å². The SMILES string of the molecule is COc1cccc(C(CN(C)C)NC(=O)c2cccc(-c3ccc4c(c3)C(C)=NC4)c2)c1. The van der Waals surface area contributed by atoms with Crippen LogP contribution >= 0.6 is 0 Å². The molecule has 1 amide bonds. The molecule has 164 valence electrons. The second kappa shape index (κ2) is 9.37. The zero-order valence-electron chi connectivity index (χ0n) is 19.1. The molecule has 1 unspecified atom stereocenters. The molecule has 1 aliphatic heterocycles. The smallest absolute Gasteiger partial charge is 0.251 e. The van der Waals surface area contributed by atoms with Gasteiger partial charge in [0.1, 0.15) is 5.75 Å². The number of nitrogens with one attached hydrogen (secondary N) is 1. The zero-order valence-corrected chi connectivity index (χ0v) is 19.1. The quantitative estimate of drug-likeness (QED) is 0.594. The van der Waals surface area contributed by atoms with E-state index in [4.69, 9.17) is 4.74 Å². The van der Waals surface area contributed by atoms with Gasteiger partial charge in [0.05, 0.1) is 19.7 Å². The Balaban J connectivity index is 1.58. The predicted molar refractivity (Wildman–Crippen MR) is 130 cm³/mol. The molecule has 3 aromatic carbocycles. The fourth-order valence-electron chi connectivity index (χ4n) is 4.06. The van der Waals surface area contributed by atoms with Crippen molar-refractivity contribution >= 4 is 11.6 Å². The van der Waals surface area contributed by atoms with Gasteiger partial charge in [-0.3, -0.25) is 9.79 Å². The maximum Gasteiger partial charge on any atom is 0.251 e. The summed E-state index contributed by atoms with van der Waals surface area (Å²) in [4.78, 5) is 19.8. The van der Waals surface area contributed by atoms with Crippen molar-refractivity contribution in [3.63, 3.8) is 0 Å². The second-order valence-corrected chi connectivity index (χ2v) is 8.42. The lowest BCUT2D eigenvalue weighted by molar-refractivity contribution is 0.0930. The van der Waals surface area contributed by atoms with Crippen LogP contribution in [0.1, 0.15) is 40.0 Å². The van der Waals surface area contributed by atoms with Crippen LogP contribution in [0, 0.1) is 0 Å². The molecule has 32 heavy (non-hydrogen) atoms. The van der Waals surface area contributed by atoms with Gasteiger partial charge >= 0.3 is 0 Å². The van der Waals surface area contributed by atoms with Crippen molar-refractivity contribution < 1.29 is 9.53 Å². The lowest BCUT2D eigenvalue weighted by atomic mass is 9.97. The van der Waals surface area contributed by atoms with E-state index >= 15 is 0 Å². The van der Waals surface area contributed by atoms with Crippen LogP contribution in [0.25, 0.3) is 11.1 Å². The average molecular weight is 428 g/mol. The molecule has 0 aromatic heterocycles. The van der Waals surface area contributed by atoms with Gasteiger partial charge in [-0.2, -0.15) is 0 Å². The summed E-state index contributed by atoms with van der Waals surface area (Å²) in [7, 11) is 5.65. The van der Waals surface area contributed by atoms with E-state index in [0.29, 0.717) is 12.1 Å². The topological polar surface area (TPSA) is 53.9 Å². The highest BCUT2D eigenvalue weighted by atomic mass is 16.5. The number of rotatable bonds is 7. The number of fused-ring (bicyclic) bond motifs is 1. The molecule has 0 aliphatic carbocycles. The normalized spacial score (nSPS) is 13.5. The van der Waals surface area contributed by atoms with Crippen LogP contribution in [0.2, 0.25) is 0 Å². The number of benzene rings is 3. The molecular formula is C27H29N3O2. The molecule has 1 aliphatic rings. The number of carbonyl (C=O) groups is 1. The van der Waals surface area contributed by atoms with Gasteiger partial charge in [0.2, 0.25) is 0 Å². The first kappa shape index (κ1) is 21.8. The van der Waals surface area contributed by atoms with E-state index in [1.54, 1.807) is 7.11 Å². The molecule has 1 atom stereocenters. The highest BCUT2D eigenvalue weighted by molar-refractivity contribution is 6.03. The highest BCUT2D eigenvalue weighted by Gasteiger charge is 2.18. The fraction of sp³-hybridized carbons (Fsp3) is 0.259. The predicted octanol–water partition coefficient (Wildman–Crippen LogP) is 4.72. The Morgan fingerprint density at radius 1 is 1.06 bits per heavy atom. The Kier molecular flexibility index (Phi) is 6.37. The molecule has 1 heterocycles. The van der Waals surface area contributed by atoms with Gasteiger partial charge in [-0.15, -0.1) is 0 Å². The van der Waals surface area contributed by atoms with Gasteiger partial charge in [0, 0.05) is 23.4 Å². The first-order valence-corrected chi connectivity index (χ1v) is 10.8. The van der Waals surface area contributed by atoms with Gasteiger partial charge < -0.3 is 15.0 Å². The number of methoxy groups -OCH3 is 1. The Labute approximate surface area is 189 Å². The standard InChI is InChI=1S/C27H29N3O2/c1-18-25-15-20(11-12-23(25)16-28-18)19-7-5-9-22(13-19)27(31)29-26(17-30(2)3)21-8-6-10-24(14-21)32-4/h5-15,26H,16-17H2,1-4H3,(H,29,31). The maximum atomic E-state index is 13.2. The summed E-state index contributed by atoms with van der Waals surface area (Å²) in [5, 5.41) is 3.20. The zero-order chi connectivity index (χ0) is 22.7. The molecule has 0 bridgehead atoms. The van der Waals surface area contributed by atoms with E-state index in [2.05, 4.69) is 33.4 Å². The van der Waals surface area contributed by atoms with E-state index in [9.17, 15) is 4.79 Å². The second-order valence-electron chi connectivity index (χ2n) is 8.42. The van der Waals surface area contributed by atoms with Gasteiger partial charge in [-0.05, 0) is 73.6 Å². The van der Waals surface area contributed by atoms with Crippen LogP contribution in [-0.2, 0) is 6.54 Å². The van der Waals surface area contributed by atoms with E-state index < -0.39 is 0 Å². The van der Waals surface area contributed by atoms with Crippen LogP contribution in [0.15, 0.2) is 71.7 Å². The number of carbonyl (C=O) groups excluding carboxylic acids is 1. The Morgan fingerprint density at radius 2 is 1.84 bits per heavy atom. The number of likely N-dealkylation sites (N-methyl/N-ethyl adjacent to an activating group) is 1. The van der Waals surface area contributed by atoms with Gasteiger partial charge in [0.15, 0.2) is 0 Å². The highest BCUT2D eigenvalue weighted by Crippen LogP contribution is 2.27. The molecular weight excluding hydrogens is 398 g/mol. The summed E-state index contributed by atoms with van der Waals surface area (Å²) in [5.74, 6) is 0.679. The third kappa shape index (κ3) is 4.73. The number of hydrogen-bond donors (Lipinski definition) is 1. The van der Waals surface area contributed by atoms with Crippen molar-refractivity contribution in [1.82, 2.24) is 10.2 Å². The summed E-state index contributed by atoms with van der Waals surface area (Å²) < 4.78 is 5.37. The first-order valence-electron chi connectivity index (χ1n) is 10.8. The summed E-state index contributed by atoms with van der Waals surface area (Å²) in [5.41, 5.74) is 7.28. The Hall–Kier alpha value is -3.44. The molecule has 5 heteroatoms. The van der Waals surface area contributed by atoms with Crippen molar-refractivity contribution in [3.05, 3.63) is 89.0 Å². The average Bonchev–Trinajstić information content (AvgIpc) is 3.18. The van der Waals surface area contributed by atoms with Crippen molar-refractivity contribution in [2.24, 2.45) is 4.99 Å². The van der Waals surface area contributed by atoms with E-state index in [1.807, 2.05) is 69.6 Å². The van der Waals surface area contributed by atoms with E-state index in [0.717, 1.165) is 34.7 Å². The van der Waals surface area contributed by atoms with Crippen LogP contribution in [-0.4, -0.2) is 44.3 Å². The molecule has 1 N–H and O–H groups in total. The Morgan fingerprint density at radius 3 is 2.62 bits per heavy atom. The molecule has 4 rings (SSSR count). The summed E-state index contributed by atoms with van der Waals surface area (Å²) in [6.07, 6.45) is 0. The molecule has 0 radical (unpaired) electrons. The van der Waals surface area contributed by atoms with Crippen LogP contribution in [0.4, 0.5) is 0 Å². The van der Waals surface area contributed by atoms with E-state index in [1.165, 1.54) is 11.1 Å². The minimum Gasteiger partial charge on any atom is -0.497 e. The van der Waals surface area contributed by atoms with Gasteiger partial charge in [-0.1, -0.05) is 36.4 Å². The van der Waals surface area contributed by atoms with Crippen LogP contribution in [0.3, 0.4) is 0 Å². The van der Waals surface area contributed by atoms with Crippen molar-refractivity contribution in [2.45, 2.75) is 19.5 Å². The molecule has 3 aromatic rings. The summed E-state index contributed by atoms with van der Waals surface area (Å²) in [6, 6.07) is 21.9. The number of nitrogens with zero attached hydrogens (tertiary/aromatic N) is 2. The molecule has 0 saturated heterocycles. The lowest BCUT2D eigenvalue weighted by Gasteiger charge is -2.23. The third-order valence-electron chi connectivity index (χ3n) is 5.79. The van der Waals surface area contributed by atoms with Gasteiger partial charge in [-0.25, -0.2) is 0 Å². The third-order valence-corrected chi connectivity index (χ3v) is 5.79. The van der Waals surface area contributed by atoms with Crippen LogP contribution < -0.4 is 10.1 Å². The van der Waals surface area contributed by atoms with Gasteiger partial charge in [0.25, 0.3) is 5.91 Å². The number of ether oxygens (including phenoxy) is 1. The summed E-state index contributed by atoms with van der Waals surface area (Å²) in [6.45, 7) is 3.48. The first-order chi connectivity index (χ1) is 15.4. The fourth-order valence-corrected chi connectivity index (χ4v) is 4.06. The number of aliphatic imine (C=N–C) groups is 1. The minimum absolute atomic E-state index is 0.0968. The largest absolute Gasteiger partial charge is 0.497 e. The number of hydrogen-bond acceptors (Lipinski definition) is 4. The minimum atomic E-state index is -0.157. The summed E-state index contributed by atoms with van der Waals surface area (Å²) >= 11 is 0. The molecule has 0 fully saturated rings. The van der Waals surface area contributed by atoms with E-state index in [-0.39, 0.29) is 11.9 Å². The lowest BCUT2D eigenvalue weighted by Crippen LogP contribution is -2.35. The van der Waals surface area contributed by atoms with Crippen molar-refractivity contribution in [3.8, 4) is 16.9 Å². The maximum absolute atomic E-state index is 13.2. The molecule has 0 spiro atoms. The van der Waals surface area contributed by atoms with Crippen molar-refractivity contribution in [1.29, 1.82) is 0 Å². The molecule has 5 nitrogen and oxygen atoms in total.